The van der Waals surface area contributed by atoms with E-state index in [1.54, 1.807) is 0 Å². The van der Waals surface area contributed by atoms with Crippen molar-refractivity contribution in [3.63, 3.8) is 0 Å². The molecule has 0 amide bonds. The molecule has 0 spiro atoms. The lowest BCUT2D eigenvalue weighted by Crippen LogP contribution is -2.37. The van der Waals surface area contributed by atoms with E-state index in [4.69, 9.17) is 9.92 Å². The lowest BCUT2D eigenvalue weighted by atomic mass is 10.1. The summed E-state index contributed by atoms with van der Waals surface area (Å²) in [7, 11) is 2.08. The van der Waals surface area contributed by atoms with Gasteiger partial charge < -0.3 is 14.8 Å². The van der Waals surface area contributed by atoms with Gasteiger partial charge in [-0.15, -0.1) is 0 Å². The highest BCUT2D eigenvalue weighted by Gasteiger charge is 2.22. The molecule has 0 heterocycles. The Labute approximate surface area is 137 Å². The van der Waals surface area contributed by atoms with Crippen LogP contribution in [0.25, 0.3) is 0 Å². The van der Waals surface area contributed by atoms with Gasteiger partial charge in [0.25, 0.3) is 0 Å². The van der Waals surface area contributed by atoms with Crippen LogP contribution in [0.15, 0.2) is 59.5 Å². The number of nitrogens with two attached hydrogens (primary N) is 1. The largest absolute Gasteiger partial charge is 0.372 e. The third-order valence-electron chi connectivity index (χ3n) is 3.34. The smallest absolute Gasteiger partial charge is 0.0951 e. The standard InChI is InChI=1S/C18H24N2OS/c1-18(2,14-20(3)16-7-5-4-6-8-16)21-22-17-11-9-15(13-19)10-12-17/h4-12H,13-14,19H2,1-3H3. The maximum absolute atomic E-state index is 6.02. The third kappa shape index (κ3) is 5.05. The number of hydrogen-bond donors (Lipinski definition) is 1. The first-order chi connectivity index (χ1) is 10.5. The molecule has 0 radical (unpaired) electrons. The molecule has 0 aliphatic rings. The molecule has 118 valence electrons. The molecule has 0 saturated heterocycles. The average Bonchev–Trinajstić information content (AvgIpc) is 2.54. The van der Waals surface area contributed by atoms with Gasteiger partial charge in [-0.2, -0.15) is 0 Å². The molecule has 0 unspecified atom stereocenters. The molecule has 22 heavy (non-hydrogen) atoms. The van der Waals surface area contributed by atoms with Crippen molar-refractivity contribution in [2.45, 2.75) is 30.9 Å². The van der Waals surface area contributed by atoms with E-state index in [1.165, 1.54) is 17.7 Å². The summed E-state index contributed by atoms with van der Waals surface area (Å²) in [6.45, 7) is 5.59. The number of rotatable bonds is 7. The molecule has 0 atom stereocenters. The quantitative estimate of drug-likeness (QED) is 0.781. The molecule has 2 aromatic rings. The third-order valence-corrected chi connectivity index (χ3v) is 4.34. The molecule has 2 aromatic carbocycles. The molecular weight excluding hydrogens is 292 g/mol. The minimum atomic E-state index is -0.262. The number of nitrogens with zero attached hydrogens (tertiary/aromatic N) is 1. The van der Waals surface area contributed by atoms with Crippen LogP contribution < -0.4 is 10.6 Å². The Kier molecular flexibility index (Phi) is 5.89. The fraction of sp³-hybridized carbons (Fsp3) is 0.333. The van der Waals surface area contributed by atoms with E-state index in [-0.39, 0.29) is 5.60 Å². The molecule has 3 nitrogen and oxygen atoms in total. The summed E-state index contributed by atoms with van der Waals surface area (Å²) in [4.78, 5) is 3.30. The molecule has 2 N–H and O–H groups in total. The Morgan fingerprint density at radius 2 is 1.68 bits per heavy atom. The van der Waals surface area contributed by atoms with Crippen LogP contribution in [0, 0.1) is 0 Å². The van der Waals surface area contributed by atoms with E-state index in [2.05, 4.69) is 37.9 Å². The molecule has 2 rings (SSSR count). The first-order valence-electron chi connectivity index (χ1n) is 7.41. The summed E-state index contributed by atoms with van der Waals surface area (Å²) in [5.74, 6) is 0. The number of likely N-dealkylation sites (N-methyl/N-ethyl adjacent to an activating group) is 1. The van der Waals surface area contributed by atoms with Crippen molar-refractivity contribution < 1.29 is 4.18 Å². The zero-order chi connectivity index (χ0) is 16.0. The van der Waals surface area contributed by atoms with E-state index in [9.17, 15) is 0 Å². The monoisotopic (exact) mass is 316 g/mol. The van der Waals surface area contributed by atoms with Crippen LogP contribution in [-0.2, 0) is 10.7 Å². The van der Waals surface area contributed by atoms with Crippen molar-refractivity contribution in [1.82, 2.24) is 0 Å². The number of hydrogen-bond acceptors (Lipinski definition) is 4. The minimum Gasteiger partial charge on any atom is -0.372 e. The van der Waals surface area contributed by atoms with Gasteiger partial charge in [0.05, 0.1) is 5.60 Å². The Morgan fingerprint density at radius 3 is 2.27 bits per heavy atom. The van der Waals surface area contributed by atoms with E-state index < -0.39 is 0 Å². The van der Waals surface area contributed by atoms with Crippen molar-refractivity contribution in [2.75, 3.05) is 18.5 Å². The Balaban J connectivity index is 1.90. The van der Waals surface area contributed by atoms with E-state index in [0.717, 1.165) is 17.0 Å². The summed E-state index contributed by atoms with van der Waals surface area (Å²) >= 11 is 1.42. The summed E-state index contributed by atoms with van der Waals surface area (Å²) in [6.07, 6.45) is 0. The van der Waals surface area contributed by atoms with Gasteiger partial charge in [0.2, 0.25) is 0 Å². The summed E-state index contributed by atoms with van der Waals surface area (Å²) in [5, 5.41) is 0. The van der Waals surface area contributed by atoms with E-state index in [1.807, 2.05) is 42.5 Å². The topological polar surface area (TPSA) is 38.5 Å². The number of benzene rings is 2. The normalized spacial score (nSPS) is 11.5. The molecule has 0 fully saturated rings. The van der Waals surface area contributed by atoms with E-state index in [0.29, 0.717) is 6.54 Å². The van der Waals surface area contributed by atoms with Gasteiger partial charge in [-0.1, -0.05) is 30.3 Å². The van der Waals surface area contributed by atoms with Crippen molar-refractivity contribution in [3.05, 3.63) is 60.2 Å². The van der Waals surface area contributed by atoms with Crippen LogP contribution in [0.2, 0.25) is 0 Å². The van der Waals surface area contributed by atoms with Crippen molar-refractivity contribution in [3.8, 4) is 0 Å². The predicted molar refractivity (Wildman–Crippen MR) is 95.1 cm³/mol. The average molecular weight is 316 g/mol. The van der Waals surface area contributed by atoms with Crippen LogP contribution in [-0.4, -0.2) is 19.2 Å². The van der Waals surface area contributed by atoms with Crippen molar-refractivity contribution in [1.29, 1.82) is 0 Å². The molecule has 0 saturated carbocycles. The molecule has 0 bridgehead atoms. The van der Waals surface area contributed by atoms with Gasteiger partial charge >= 0.3 is 0 Å². The van der Waals surface area contributed by atoms with Crippen LogP contribution in [0.1, 0.15) is 19.4 Å². The maximum Gasteiger partial charge on any atom is 0.0951 e. The Hall–Kier alpha value is -1.49. The molecular formula is C18H24N2OS. The highest BCUT2D eigenvalue weighted by molar-refractivity contribution is 7.94. The van der Waals surface area contributed by atoms with E-state index >= 15 is 0 Å². The van der Waals surface area contributed by atoms with Crippen LogP contribution in [0.5, 0.6) is 0 Å². The molecule has 4 heteroatoms. The SMILES string of the molecule is CN(CC(C)(C)OSc1ccc(CN)cc1)c1ccccc1. The fourth-order valence-corrected chi connectivity index (χ4v) is 2.83. The van der Waals surface area contributed by atoms with Crippen molar-refractivity contribution >= 4 is 17.7 Å². The zero-order valence-corrected chi connectivity index (χ0v) is 14.3. The number of anilines is 1. The zero-order valence-electron chi connectivity index (χ0n) is 13.5. The van der Waals surface area contributed by atoms with Crippen molar-refractivity contribution in [2.24, 2.45) is 5.73 Å². The van der Waals surface area contributed by atoms with Gasteiger partial charge in [0.15, 0.2) is 0 Å². The fourth-order valence-electron chi connectivity index (χ4n) is 2.21. The Morgan fingerprint density at radius 1 is 1.05 bits per heavy atom. The summed E-state index contributed by atoms with van der Waals surface area (Å²) in [6, 6.07) is 18.5. The lowest BCUT2D eigenvalue weighted by molar-refractivity contribution is 0.149. The van der Waals surface area contributed by atoms with Gasteiger partial charge in [0, 0.05) is 42.8 Å². The highest BCUT2D eigenvalue weighted by atomic mass is 32.2. The summed E-state index contributed by atoms with van der Waals surface area (Å²) < 4.78 is 6.02. The van der Waals surface area contributed by atoms with Crippen LogP contribution in [0.3, 0.4) is 0 Å². The second-order valence-electron chi connectivity index (χ2n) is 5.97. The molecule has 0 aliphatic carbocycles. The second-order valence-corrected chi connectivity index (χ2v) is 6.77. The van der Waals surface area contributed by atoms with Gasteiger partial charge in [0.1, 0.15) is 0 Å². The lowest BCUT2D eigenvalue weighted by Gasteiger charge is -2.30. The summed E-state index contributed by atoms with van der Waals surface area (Å²) in [5.41, 5.74) is 7.67. The van der Waals surface area contributed by atoms with Gasteiger partial charge in [-0.05, 0) is 43.7 Å². The van der Waals surface area contributed by atoms with Gasteiger partial charge in [-0.25, -0.2) is 0 Å². The predicted octanol–water partition coefficient (Wildman–Crippen LogP) is 4.08. The van der Waals surface area contributed by atoms with Crippen LogP contribution in [0.4, 0.5) is 5.69 Å². The molecule has 0 aromatic heterocycles. The van der Waals surface area contributed by atoms with Crippen LogP contribution >= 0.6 is 12.0 Å². The second kappa shape index (κ2) is 7.68. The first-order valence-corrected chi connectivity index (χ1v) is 8.15. The first kappa shape index (κ1) is 16.9. The maximum atomic E-state index is 6.02. The molecule has 0 aliphatic heterocycles. The Bertz CT molecular complexity index is 569. The number of para-hydroxylation sites is 1. The van der Waals surface area contributed by atoms with Gasteiger partial charge in [-0.3, -0.25) is 0 Å². The minimum absolute atomic E-state index is 0.262. The highest BCUT2D eigenvalue weighted by Crippen LogP contribution is 2.27.